The van der Waals surface area contributed by atoms with E-state index in [4.69, 9.17) is 0 Å². The van der Waals surface area contributed by atoms with Gasteiger partial charge in [0, 0.05) is 13.1 Å². The fraction of sp³-hybridized carbons (Fsp3) is 0.500. The van der Waals surface area contributed by atoms with Gasteiger partial charge in [0.15, 0.2) is 0 Å². The van der Waals surface area contributed by atoms with Gasteiger partial charge < -0.3 is 9.80 Å². The Morgan fingerprint density at radius 1 is 1.18 bits per heavy atom. The van der Waals surface area contributed by atoms with Gasteiger partial charge in [-0.25, -0.2) is 0 Å². The second-order valence-corrected chi connectivity index (χ2v) is 5.27. The molecular formula is C14H22N2O. The molecule has 0 fully saturated rings. The molecule has 0 bridgehead atoms. The fourth-order valence-electron chi connectivity index (χ4n) is 2.04. The molecule has 0 aliphatic heterocycles. The molecule has 94 valence electrons. The van der Waals surface area contributed by atoms with Crippen LogP contribution in [0.15, 0.2) is 30.3 Å². The summed E-state index contributed by atoms with van der Waals surface area (Å²) in [6, 6.07) is 10.1. The highest BCUT2D eigenvalue weighted by molar-refractivity contribution is 5.49. The average molecular weight is 234 g/mol. The van der Waals surface area contributed by atoms with Gasteiger partial charge in [-0.1, -0.05) is 30.3 Å². The van der Waals surface area contributed by atoms with Crippen molar-refractivity contribution >= 4 is 6.41 Å². The highest BCUT2D eigenvalue weighted by Gasteiger charge is 2.26. The van der Waals surface area contributed by atoms with Gasteiger partial charge in [-0.05, 0) is 33.5 Å². The number of hydrogen-bond acceptors (Lipinski definition) is 2. The molecule has 0 saturated heterocycles. The predicted octanol–water partition coefficient (Wildman–Crippen LogP) is 1.99. The van der Waals surface area contributed by atoms with Crippen molar-refractivity contribution in [3.63, 3.8) is 0 Å². The molecule has 0 saturated carbocycles. The van der Waals surface area contributed by atoms with Gasteiger partial charge in [-0.3, -0.25) is 4.79 Å². The zero-order chi connectivity index (χ0) is 12.9. The number of carbonyl (C=O) groups excluding carboxylic acids is 1. The fourth-order valence-corrected chi connectivity index (χ4v) is 2.04. The Balaban J connectivity index is 2.74. The maximum absolute atomic E-state index is 11.2. The summed E-state index contributed by atoms with van der Waals surface area (Å²) in [6.07, 6.45) is 0.941. The van der Waals surface area contributed by atoms with Crippen LogP contribution in [0.4, 0.5) is 0 Å². The van der Waals surface area contributed by atoms with E-state index in [9.17, 15) is 4.79 Å². The van der Waals surface area contributed by atoms with E-state index in [1.54, 1.807) is 0 Å². The molecule has 0 N–H and O–H groups in total. The molecule has 0 radical (unpaired) electrons. The lowest BCUT2D eigenvalue weighted by molar-refractivity contribution is -0.124. The van der Waals surface area contributed by atoms with Gasteiger partial charge >= 0.3 is 0 Å². The van der Waals surface area contributed by atoms with Crippen LogP contribution < -0.4 is 0 Å². The molecule has 0 aliphatic rings. The molecule has 1 aromatic rings. The van der Waals surface area contributed by atoms with Gasteiger partial charge in [0.2, 0.25) is 6.41 Å². The second kappa shape index (κ2) is 5.82. The van der Waals surface area contributed by atoms with Gasteiger partial charge in [-0.2, -0.15) is 0 Å². The lowest BCUT2D eigenvalue weighted by Crippen LogP contribution is -2.49. The number of carbonyl (C=O) groups is 1. The normalized spacial score (nSPS) is 11.6. The third kappa shape index (κ3) is 4.19. The molecule has 1 amide bonds. The van der Waals surface area contributed by atoms with E-state index in [1.807, 2.05) is 49.3 Å². The van der Waals surface area contributed by atoms with Crippen LogP contribution in [0.1, 0.15) is 19.4 Å². The van der Waals surface area contributed by atoms with Gasteiger partial charge in [-0.15, -0.1) is 0 Å². The summed E-state index contributed by atoms with van der Waals surface area (Å²) in [4.78, 5) is 15.2. The van der Waals surface area contributed by atoms with Crippen LogP contribution in [0.5, 0.6) is 0 Å². The SMILES string of the molecule is CN(C)CC(C)(C)N(C=O)Cc1ccccc1. The third-order valence-electron chi connectivity index (χ3n) is 2.80. The summed E-state index contributed by atoms with van der Waals surface area (Å²) >= 11 is 0. The number of hydrogen-bond donors (Lipinski definition) is 0. The lowest BCUT2D eigenvalue weighted by atomic mass is 10.0. The molecule has 0 atom stereocenters. The van der Waals surface area contributed by atoms with Crippen molar-refractivity contribution in [3.05, 3.63) is 35.9 Å². The highest BCUT2D eigenvalue weighted by Crippen LogP contribution is 2.16. The van der Waals surface area contributed by atoms with E-state index in [0.717, 1.165) is 18.5 Å². The van der Waals surface area contributed by atoms with Crippen LogP contribution in [0.25, 0.3) is 0 Å². The van der Waals surface area contributed by atoms with Crippen molar-refractivity contribution in [3.8, 4) is 0 Å². The predicted molar refractivity (Wildman–Crippen MR) is 70.7 cm³/mol. The number of likely N-dealkylation sites (N-methyl/N-ethyl adjacent to an activating group) is 1. The molecule has 0 aromatic heterocycles. The zero-order valence-electron chi connectivity index (χ0n) is 11.2. The van der Waals surface area contributed by atoms with Crippen LogP contribution in [0, 0.1) is 0 Å². The summed E-state index contributed by atoms with van der Waals surface area (Å²) in [5, 5.41) is 0. The largest absolute Gasteiger partial charge is 0.335 e. The van der Waals surface area contributed by atoms with Crippen LogP contribution in [-0.2, 0) is 11.3 Å². The smallest absolute Gasteiger partial charge is 0.210 e. The number of benzene rings is 1. The van der Waals surface area contributed by atoms with E-state index in [1.165, 1.54) is 0 Å². The van der Waals surface area contributed by atoms with Gasteiger partial charge in [0.25, 0.3) is 0 Å². The Labute approximate surface area is 104 Å². The summed E-state index contributed by atoms with van der Waals surface area (Å²) in [6.45, 7) is 5.68. The van der Waals surface area contributed by atoms with E-state index in [-0.39, 0.29) is 5.54 Å². The van der Waals surface area contributed by atoms with E-state index >= 15 is 0 Å². The first-order valence-electron chi connectivity index (χ1n) is 5.86. The Morgan fingerprint density at radius 3 is 2.24 bits per heavy atom. The molecular weight excluding hydrogens is 212 g/mol. The summed E-state index contributed by atoms with van der Waals surface area (Å²) in [5.74, 6) is 0. The third-order valence-corrected chi connectivity index (χ3v) is 2.80. The Morgan fingerprint density at radius 2 is 1.76 bits per heavy atom. The first-order valence-corrected chi connectivity index (χ1v) is 5.86. The molecule has 0 spiro atoms. The van der Waals surface area contributed by atoms with Crippen molar-refractivity contribution < 1.29 is 4.79 Å². The van der Waals surface area contributed by atoms with Crippen molar-refractivity contribution in [1.29, 1.82) is 0 Å². The maximum Gasteiger partial charge on any atom is 0.210 e. The standard InChI is InChI=1S/C14H22N2O/c1-14(2,11-15(3)4)16(12-17)10-13-8-6-5-7-9-13/h5-9,12H,10-11H2,1-4H3. The van der Waals surface area contributed by atoms with E-state index < -0.39 is 0 Å². The second-order valence-electron chi connectivity index (χ2n) is 5.27. The Bertz CT molecular complexity index is 346. The molecule has 1 rings (SSSR count). The number of nitrogens with zero attached hydrogens (tertiary/aromatic N) is 2. The minimum absolute atomic E-state index is 0.166. The van der Waals surface area contributed by atoms with Crippen LogP contribution in [-0.4, -0.2) is 42.4 Å². The Kier molecular flexibility index (Phi) is 4.70. The minimum Gasteiger partial charge on any atom is -0.335 e. The monoisotopic (exact) mass is 234 g/mol. The summed E-state index contributed by atoms with van der Waals surface area (Å²) in [7, 11) is 4.04. The Hall–Kier alpha value is -1.35. The van der Waals surface area contributed by atoms with Crippen molar-refractivity contribution in [2.24, 2.45) is 0 Å². The van der Waals surface area contributed by atoms with Crippen molar-refractivity contribution in [2.45, 2.75) is 25.9 Å². The van der Waals surface area contributed by atoms with Crippen LogP contribution in [0.3, 0.4) is 0 Å². The maximum atomic E-state index is 11.2. The highest BCUT2D eigenvalue weighted by atomic mass is 16.1. The van der Waals surface area contributed by atoms with Crippen molar-refractivity contribution in [1.82, 2.24) is 9.80 Å². The minimum atomic E-state index is -0.166. The summed E-state index contributed by atoms with van der Waals surface area (Å²) < 4.78 is 0. The molecule has 1 aromatic carbocycles. The first kappa shape index (κ1) is 13.7. The molecule has 3 heteroatoms. The topological polar surface area (TPSA) is 23.6 Å². The molecule has 0 heterocycles. The van der Waals surface area contributed by atoms with Gasteiger partial charge in [0.1, 0.15) is 0 Å². The summed E-state index contributed by atoms with van der Waals surface area (Å²) in [5.41, 5.74) is 0.993. The van der Waals surface area contributed by atoms with Crippen LogP contribution in [0.2, 0.25) is 0 Å². The quantitative estimate of drug-likeness (QED) is 0.703. The number of amides is 1. The lowest BCUT2D eigenvalue weighted by Gasteiger charge is -2.38. The number of rotatable bonds is 6. The first-order chi connectivity index (χ1) is 7.95. The van der Waals surface area contributed by atoms with E-state index in [0.29, 0.717) is 6.54 Å². The molecule has 3 nitrogen and oxygen atoms in total. The van der Waals surface area contributed by atoms with Crippen molar-refractivity contribution in [2.75, 3.05) is 20.6 Å². The average Bonchev–Trinajstić information content (AvgIpc) is 2.25. The zero-order valence-corrected chi connectivity index (χ0v) is 11.2. The molecule has 0 aliphatic carbocycles. The molecule has 17 heavy (non-hydrogen) atoms. The molecule has 0 unspecified atom stereocenters. The van der Waals surface area contributed by atoms with Crippen LogP contribution >= 0.6 is 0 Å². The van der Waals surface area contributed by atoms with Gasteiger partial charge in [0.05, 0.1) is 5.54 Å². The van der Waals surface area contributed by atoms with E-state index in [2.05, 4.69) is 18.7 Å².